The molecule has 0 saturated heterocycles. The van der Waals surface area contributed by atoms with Crippen molar-refractivity contribution in [2.24, 2.45) is 0 Å². The minimum Gasteiger partial charge on any atom is -0.354 e. The summed E-state index contributed by atoms with van der Waals surface area (Å²) in [5.41, 5.74) is 2.93. The van der Waals surface area contributed by atoms with Crippen LogP contribution in [0.1, 0.15) is 30.0 Å². The van der Waals surface area contributed by atoms with Crippen molar-refractivity contribution in [3.8, 4) is 0 Å². The van der Waals surface area contributed by atoms with Gasteiger partial charge in [-0.15, -0.1) is 0 Å². The fraction of sp³-hybridized carbons (Fsp3) is 0.235. The van der Waals surface area contributed by atoms with Gasteiger partial charge in [0, 0.05) is 29.0 Å². The van der Waals surface area contributed by atoms with Crippen LogP contribution in [-0.2, 0) is 32.6 Å². The SMILES string of the molecule is CCCNC(=O)C(Cc1ccccc1)N(Cc1cccc(Br)c1)C(=O)CN(c1ccc(C)cc1)S(=O)(=O)c1ccc(Cl)cc1. The van der Waals surface area contributed by atoms with Gasteiger partial charge in [0.05, 0.1) is 10.6 Å². The van der Waals surface area contributed by atoms with Gasteiger partial charge in [0.15, 0.2) is 0 Å². The number of nitrogens with one attached hydrogen (secondary N) is 1. The number of amides is 2. The first kappa shape index (κ1) is 33.2. The van der Waals surface area contributed by atoms with E-state index in [0.29, 0.717) is 17.3 Å². The molecule has 0 spiro atoms. The van der Waals surface area contributed by atoms with E-state index in [9.17, 15) is 18.0 Å². The first-order valence-corrected chi connectivity index (χ1v) is 16.9. The summed E-state index contributed by atoms with van der Waals surface area (Å²) in [5, 5.41) is 3.34. The summed E-state index contributed by atoms with van der Waals surface area (Å²) in [5.74, 6) is -0.822. The zero-order valence-electron chi connectivity index (χ0n) is 24.6. The Kier molecular flexibility index (Phi) is 11.6. The van der Waals surface area contributed by atoms with Crippen molar-refractivity contribution in [1.82, 2.24) is 10.2 Å². The minimum atomic E-state index is -4.19. The molecular formula is C34H35BrClN3O4S. The van der Waals surface area contributed by atoms with E-state index < -0.39 is 28.5 Å². The number of sulfonamides is 1. The van der Waals surface area contributed by atoms with Gasteiger partial charge < -0.3 is 10.2 Å². The summed E-state index contributed by atoms with van der Waals surface area (Å²) in [6, 6.07) is 28.8. The number of halogens is 2. The van der Waals surface area contributed by atoms with Crippen molar-refractivity contribution < 1.29 is 18.0 Å². The summed E-state index contributed by atoms with van der Waals surface area (Å²) in [7, 11) is -4.19. The minimum absolute atomic E-state index is 0.00432. The second-order valence-corrected chi connectivity index (χ2v) is 13.7. The number of nitrogens with zero attached hydrogens (tertiary/aromatic N) is 2. The fourth-order valence-electron chi connectivity index (χ4n) is 4.73. The third kappa shape index (κ3) is 8.71. The zero-order valence-corrected chi connectivity index (χ0v) is 27.8. The van der Waals surface area contributed by atoms with Gasteiger partial charge in [-0.1, -0.05) is 94.6 Å². The number of carbonyl (C=O) groups is 2. The Hall–Kier alpha value is -3.66. The normalized spacial score (nSPS) is 11.9. The summed E-state index contributed by atoms with van der Waals surface area (Å²) in [6.45, 7) is 3.88. The second kappa shape index (κ2) is 15.4. The first-order valence-electron chi connectivity index (χ1n) is 14.3. The standard InChI is InChI=1S/C34H35BrClN3O4S/c1-3-20-37-34(41)32(22-26-8-5-4-6-9-26)38(23-27-10-7-11-28(35)21-27)33(40)24-39(30-16-12-25(2)13-17-30)44(42,43)31-18-14-29(36)15-19-31/h4-19,21,32H,3,20,22-24H2,1-2H3,(H,37,41). The topological polar surface area (TPSA) is 86.8 Å². The lowest BCUT2D eigenvalue weighted by Gasteiger charge is -2.34. The highest BCUT2D eigenvalue weighted by atomic mass is 79.9. The van der Waals surface area contributed by atoms with Gasteiger partial charge in [-0.25, -0.2) is 8.42 Å². The largest absolute Gasteiger partial charge is 0.354 e. The number of benzene rings is 4. The van der Waals surface area contributed by atoms with Gasteiger partial charge in [0.2, 0.25) is 11.8 Å². The van der Waals surface area contributed by atoms with Gasteiger partial charge in [-0.3, -0.25) is 13.9 Å². The van der Waals surface area contributed by atoms with Crippen LogP contribution in [0.5, 0.6) is 0 Å². The maximum Gasteiger partial charge on any atom is 0.264 e. The molecule has 0 aliphatic carbocycles. The van der Waals surface area contributed by atoms with E-state index in [-0.39, 0.29) is 23.8 Å². The third-order valence-electron chi connectivity index (χ3n) is 7.06. The van der Waals surface area contributed by atoms with E-state index in [4.69, 9.17) is 11.6 Å². The van der Waals surface area contributed by atoms with Gasteiger partial charge in [0.1, 0.15) is 12.6 Å². The van der Waals surface area contributed by atoms with Gasteiger partial charge in [-0.05, 0) is 73.0 Å². The van der Waals surface area contributed by atoms with Crippen LogP contribution in [0.3, 0.4) is 0 Å². The number of hydrogen-bond donors (Lipinski definition) is 1. The molecule has 0 fully saturated rings. The zero-order chi connectivity index (χ0) is 31.7. The Labute approximate surface area is 273 Å². The highest BCUT2D eigenvalue weighted by Crippen LogP contribution is 2.26. The molecule has 0 aromatic heterocycles. The molecule has 4 aromatic carbocycles. The molecule has 0 aliphatic rings. The van der Waals surface area contributed by atoms with Crippen LogP contribution in [0.2, 0.25) is 5.02 Å². The second-order valence-electron chi connectivity index (χ2n) is 10.4. The fourth-order valence-corrected chi connectivity index (χ4v) is 6.71. The molecule has 44 heavy (non-hydrogen) atoms. The van der Waals surface area contributed by atoms with Crippen LogP contribution in [0, 0.1) is 6.92 Å². The lowest BCUT2D eigenvalue weighted by molar-refractivity contribution is -0.140. The van der Waals surface area contributed by atoms with E-state index >= 15 is 0 Å². The molecule has 7 nitrogen and oxygen atoms in total. The first-order chi connectivity index (χ1) is 21.1. The molecule has 0 aliphatic heterocycles. The van der Waals surface area contributed by atoms with E-state index in [1.165, 1.54) is 29.2 Å². The number of aryl methyl sites for hydroxylation is 1. The Morgan fingerprint density at radius 1 is 0.886 bits per heavy atom. The predicted molar refractivity (Wildman–Crippen MR) is 179 cm³/mol. The van der Waals surface area contributed by atoms with Crippen molar-refractivity contribution in [2.45, 2.75) is 44.2 Å². The van der Waals surface area contributed by atoms with Gasteiger partial charge in [-0.2, -0.15) is 0 Å². The van der Waals surface area contributed by atoms with E-state index in [1.54, 1.807) is 24.3 Å². The molecular weight excluding hydrogens is 662 g/mol. The molecule has 10 heteroatoms. The number of carbonyl (C=O) groups excluding carboxylic acids is 2. The molecule has 1 N–H and O–H groups in total. The molecule has 4 aromatic rings. The average molecular weight is 697 g/mol. The van der Waals surface area contributed by atoms with Crippen molar-refractivity contribution >= 4 is 55.1 Å². The smallest absolute Gasteiger partial charge is 0.264 e. The van der Waals surface area contributed by atoms with Crippen LogP contribution >= 0.6 is 27.5 Å². The average Bonchev–Trinajstić information content (AvgIpc) is 3.01. The number of rotatable bonds is 13. The number of hydrogen-bond acceptors (Lipinski definition) is 4. The molecule has 0 radical (unpaired) electrons. The van der Waals surface area contributed by atoms with Crippen molar-refractivity contribution in [3.05, 3.63) is 129 Å². The highest BCUT2D eigenvalue weighted by Gasteiger charge is 2.34. The molecule has 0 saturated carbocycles. The molecule has 230 valence electrons. The molecule has 0 heterocycles. The molecule has 1 unspecified atom stereocenters. The number of anilines is 1. The summed E-state index contributed by atoms with van der Waals surface area (Å²) in [4.78, 5) is 29.6. The lowest BCUT2D eigenvalue weighted by Crippen LogP contribution is -2.53. The van der Waals surface area contributed by atoms with Crippen molar-refractivity contribution in [2.75, 3.05) is 17.4 Å². The predicted octanol–water partition coefficient (Wildman–Crippen LogP) is 6.77. The summed E-state index contributed by atoms with van der Waals surface area (Å²) < 4.78 is 30.0. The molecule has 1 atom stereocenters. The summed E-state index contributed by atoms with van der Waals surface area (Å²) >= 11 is 9.54. The van der Waals surface area contributed by atoms with Crippen LogP contribution in [0.15, 0.2) is 112 Å². The van der Waals surface area contributed by atoms with Crippen molar-refractivity contribution in [3.63, 3.8) is 0 Å². The highest BCUT2D eigenvalue weighted by molar-refractivity contribution is 9.10. The van der Waals surface area contributed by atoms with E-state index in [0.717, 1.165) is 31.9 Å². The van der Waals surface area contributed by atoms with E-state index in [2.05, 4.69) is 21.2 Å². The Morgan fingerprint density at radius 3 is 2.18 bits per heavy atom. The van der Waals surface area contributed by atoms with Crippen LogP contribution in [0.4, 0.5) is 5.69 Å². The Balaban J connectivity index is 1.79. The van der Waals surface area contributed by atoms with Gasteiger partial charge in [0.25, 0.3) is 10.0 Å². The molecule has 2 amide bonds. The lowest BCUT2D eigenvalue weighted by atomic mass is 10.0. The summed E-state index contributed by atoms with van der Waals surface area (Å²) in [6.07, 6.45) is 0.981. The van der Waals surface area contributed by atoms with Crippen LogP contribution in [0.25, 0.3) is 0 Å². The van der Waals surface area contributed by atoms with Crippen LogP contribution in [-0.4, -0.2) is 44.3 Å². The Morgan fingerprint density at radius 2 is 1.55 bits per heavy atom. The molecule has 4 rings (SSSR count). The van der Waals surface area contributed by atoms with Crippen LogP contribution < -0.4 is 9.62 Å². The third-order valence-corrected chi connectivity index (χ3v) is 9.60. The quantitative estimate of drug-likeness (QED) is 0.167. The monoisotopic (exact) mass is 695 g/mol. The Bertz CT molecular complexity index is 1670. The van der Waals surface area contributed by atoms with E-state index in [1.807, 2.05) is 68.4 Å². The molecule has 0 bridgehead atoms. The maximum absolute atomic E-state index is 14.4. The van der Waals surface area contributed by atoms with Crippen molar-refractivity contribution in [1.29, 1.82) is 0 Å². The van der Waals surface area contributed by atoms with Gasteiger partial charge >= 0.3 is 0 Å². The maximum atomic E-state index is 14.4.